The summed E-state index contributed by atoms with van der Waals surface area (Å²) in [5, 5.41) is 3.29. The van der Waals surface area contributed by atoms with Gasteiger partial charge in [-0.15, -0.1) is 0 Å². The highest BCUT2D eigenvalue weighted by molar-refractivity contribution is 6.32. The monoisotopic (exact) mass is 394 g/mol. The van der Waals surface area contributed by atoms with Crippen molar-refractivity contribution in [1.82, 2.24) is 4.90 Å². The van der Waals surface area contributed by atoms with Crippen LogP contribution in [-0.4, -0.2) is 43.5 Å². The van der Waals surface area contributed by atoms with E-state index in [1.807, 2.05) is 4.90 Å². The topological polar surface area (TPSA) is 67.9 Å². The molecule has 3 rings (SSSR count). The number of nitrogens with one attached hydrogen (secondary N) is 1. The van der Waals surface area contributed by atoms with Crippen LogP contribution in [0.1, 0.15) is 44.9 Å². The Hall–Kier alpha value is -1.95. The van der Waals surface area contributed by atoms with Crippen LogP contribution in [0.2, 0.25) is 5.02 Å². The van der Waals surface area contributed by atoms with Crippen molar-refractivity contribution in [3.8, 4) is 11.5 Å². The molecule has 0 spiro atoms. The lowest BCUT2D eigenvalue weighted by Gasteiger charge is -2.27. The summed E-state index contributed by atoms with van der Waals surface area (Å²) in [6.45, 7) is 0.488. The lowest BCUT2D eigenvalue weighted by atomic mass is 10.1. The minimum Gasteiger partial charge on any atom is -0.495 e. The SMILES string of the molecule is COc1cc(NC(=O)C2CC(=O)N(C3CCCCCC3)C2)c(OC)cc1Cl. The van der Waals surface area contributed by atoms with E-state index < -0.39 is 0 Å². The molecule has 7 heteroatoms. The van der Waals surface area contributed by atoms with E-state index in [9.17, 15) is 9.59 Å². The molecule has 1 unspecified atom stereocenters. The van der Waals surface area contributed by atoms with Crippen LogP contribution in [0, 0.1) is 5.92 Å². The number of hydrogen-bond acceptors (Lipinski definition) is 4. The van der Waals surface area contributed by atoms with Crippen LogP contribution in [-0.2, 0) is 9.59 Å². The second-order valence-electron chi connectivity index (χ2n) is 7.27. The average molecular weight is 395 g/mol. The second kappa shape index (κ2) is 8.83. The summed E-state index contributed by atoms with van der Waals surface area (Å²) in [5.41, 5.74) is 0.490. The quantitative estimate of drug-likeness (QED) is 0.770. The molecule has 1 atom stereocenters. The number of hydrogen-bond donors (Lipinski definition) is 1. The molecule has 1 saturated carbocycles. The Balaban J connectivity index is 1.69. The molecule has 1 aromatic carbocycles. The molecule has 0 aromatic heterocycles. The molecular formula is C20H27ClN2O4. The number of rotatable bonds is 5. The van der Waals surface area contributed by atoms with Gasteiger partial charge in [0.15, 0.2) is 0 Å². The van der Waals surface area contributed by atoms with E-state index in [0.717, 1.165) is 25.7 Å². The van der Waals surface area contributed by atoms with E-state index in [2.05, 4.69) is 5.32 Å². The number of anilines is 1. The van der Waals surface area contributed by atoms with Crippen LogP contribution >= 0.6 is 11.6 Å². The average Bonchev–Trinajstić information content (AvgIpc) is 2.87. The molecule has 0 bridgehead atoms. The minimum absolute atomic E-state index is 0.0858. The van der Waals surface area contributed by atoms with Crippen molar-refractivity contribution in [3.05, 3.63) is 17.2 Å². The molecule has 2 amide bonds. The molecule has 1 N–H and O–H groups in total. The highest BCUT2D eigenvalue weighted by atomic mass is 35.5. The van der Waals surface area contributed by atoms with Crippen LogP contribution in [0.4, 0.5) is 5.69 Å². The minimum atomic E-state index is -0.355. The Morgan fingerprint density at radius 3 is 2.41 bits per heavy atom. The van der Waals surface area contributed by atoms with Gasteiger partial charge < -0.3 is 19.7 Å². The molecule has 1 aliphatic heterocycles. The van der Waals surface area contributed by atoms with Gasteiger partial charge in [0.25, 0.3) is 0 Å². The Bertz CT molecular complexity index is 701. The van der Waals surface area contributed by atoms with E-state index in [-0.39, 0.29) is 30.2 Å². The van der Waals surface area contributed by atoms with E-state index in [1.54, 1.807) is 12.1 Å². The highest BCUT2D eigenvalue weighted by Crippen LogP contribution is 2.36. The molecule has 1 aromatic rings. The zero-order chi connectivity index (χ0) is 19.4. The fraction of sp³-hybridized carbons (Fsp3) is 0.600. The number of methoxy groups -OCH3 is 2. The molecule has 1 aliphatic carbocycles. The first kappa shape index (κ1) is 19.8. The van der Waals surface area contributed by atoms with Crippen molar-refractivity contribution in [1.29, 1.82) is 0 Å². The van der Waals surface area contributed by atoms with E-state index in [0.29, 0.717) is 28.8 Å². The van der Waals surface area contributed by atoms with Crippen molar-refractivity contribution in [3.63, 3.8) is 0 Å². The Morgan fingerprint density at radius 2 is 1.78 bits per heavy atom. The summed E-state index contributed by atoms with van der Waals surface area (Å²) in [4.78, 5) is 27.2. The number of benzene rings is 1. The maximum atomic E-state index is 12.8. The number of ether oxygens (including phenoxy) is 2. The maximum Gasteiger partial charge on any atom is 0.229 e. The molecule has 1 saturated heterocycles. The number of carbonyl (C=O) groups is 2. The van der Waals surface area contributed by atoms with Gasteiger partial charge in [0.2, 0.25) is 11.8 Å². The Kier molecular flexibility index (Phi) is 6.47. The van der Waals surface area contributed by atoms with Crippen molar-refractivity contribution in [2.24, 2.45) is 5.92 Å². The normalized spacial score (nSPS) is 21.1. The van der Waals surface area contributed by atoms with Gasteiger partial charge in [0.05, 0.1) is 30.8 Å². The second-order valence-corrected chi connectivity index (χ2v) is 7.68. The van der Waals surface area contributed by atoms with Crippen molar-refractivity contribution >= 4 is 29.1 Å². The first-order chi connectivity index (χ1) is 13.0. The predicted molar refractivity (Wildman–Crippen MR) is 104 cm³/mol. The van der Waals surface area contributed by atoms with Crippen molar-refractivity contribution in [2.45, 2.75) is 51.0 Å². The number of carbonyl (C=O) groups excluding carboxylic acids is 2. The third kappa shape index (κ3) is 4.49. The first-order valence-electron chi connectivity index (χ1n) is 9.55. The molecule has 27 heavy (non-hydrogen) atoms. The summed E-state index contributed by atoms with van der Waals surface area (Å²) in [6, 6.07) is 3.52. The molecular weight excluding hydrogens is 368 g/mol. The van der Waals surface area contributed by atoms with Gasteiger partial charge in [-0.2, -0.15) is 0 Å². The van der Waals surface area contributed by atoms with Crippen LogP contribution in [0.3, 0.4) is 0 Å². The van der Waals surface area contributed by atoms with Gasteiger partial charge in [0.1, 0.15) is 11.5 Å². The standard InChI is InChI=1S/C20H27ClN2O4/c1-26-17-11-16(18(27-2)10-15(17)21)22-20(25)13-9-19(24)23(12-13)14-7-5-3-4-6-8-14/h10-11,13-14H,3-9,12H2,1-2H3,(H,22,25). The fourth-order valence-electron chi connectivity index (χ4n) is 4.02. The number of amides is 2. The lowest BCUT2D eigenvalue weighted by molar-refractivity contribution is -0.130. The van der Waals surface area contributed by atoms with E-state index in [1.165, 1.54) is 27.1 Å². The third-order valence-electron chi connectivity index (χ3n) is 5.53. The summed E-state index contributed by atoms with van der Waals surface area (Å²) < 4.78 is 10.5. The van der Waals surface area contributed by atoms with Gasteiger partial charge >= 0.3 is 0 Å². The summed E-state index contributed by atoms with van der Waals surface area (Å²) >= 11 is 6.11. The first-order valence-corrected chi connectivity index (χ1v) is 9.93. The zero-order valence-electron chi connectivity index (χ0n) is 15.9. The largest absolute Gasteiger partial charge is 0.495 e. The maximum absolute atomic E-state index is 12.8. The van der Waals surface area contributed by atoms with Crippen LogP contribution in [0.15, 0.2) is 12.1 Å². The van der Waals surface area contributed by atoms with Gasteiger partial charge in [0, 0.05) is 31.1 Å². The van der Waals surface area contributed by atoms with Gasteiger partial charge in [-0.3, -0.25) is 9.59 Å². The highest BCUT2D eigenvalue weighted by Gasteiger charge is 2.38. The smallest absolute Gasteiger partial charge is 0.229 e. The number of nitrogens with zero attached hydrogens (tertiary/aromatic N) is 1. The molecule has 0 radical (unpaired) electrons. The van der Waals surface area contributed by atoms with Crippen molar-refractivity contribution in [2.75, 3.05) is 26.1 Å². The summed E-state index contributed by atoms with van der Waals surface area (Å²) in [7, 11) is 3.03. The number of halogens is 1. The molecule has 2 fully saturated rings. The number of likely N-dealkylation sites (tertiary alicyclic amines) is 1. The fourth-order valence-corrected chi connectivity index (χ4v) is 4.25. The third-order valence-corrected chi connectivity index (χ3v) is 5.82. The van der Waals surface area contributed by atoms with Crippen molar-refractivity contribution < 1.29 is 19.1 Å². The Morgan fingerprint density at radius 1 is 1.11 bits per heavy atom. The van der Waals surface area contributed by atoms with Gasteiger partial charge in [-0.25, -0.2) is 0 Å². The van der Waals surface area contributed by atoms with E-state index in [4.69, 9.17) is 21.1 Å². The van der Waals surface area contributed by atoms with Crippen LogP contribution in [0.25, 0.3) is 0 Å². The molecule has 1 heterocycles. The molecule has 2 aliphatic rings. The van der Waals surface area contributed by atoms with Crippen LogP contribution in [0.5, 0.6) is 11.5 Å². The van der Waals surface area contributed by atoms with Crippen LogP contribution < -0.4 is 14.8 Å². The lowest BCUT2D eigenvalue weighted by Crippen LogP contribution is -2.37. The zero-order valence-corrected chi connectivity index (χ0v) is 16.7. The van der Waals surface area contributed by atoms with Gasteiger partial charge in [-0.05, 0) is 12.8 Å². The van der Waals surface area contributed by atoms with E-state index >= 15 is 0 Å². The Labute approximate surface area is 165 Å². The van der Waals surface area contributed by atoms with Gasteiger partial charge in [-0.1, -0.05) is 37.3 Å². The summed E-state index contributed by atoms with van der Waals surface area (Å²) in [6.07, 6.45) is 7.14. The molecule has 6 nitrogen and oxygen atoms in total. The predicted octanol–water partition coefficient (Wildman–Crippen LogP) is 3.87. The summed E-state index contributed by atoms with van der Waals surface area (Å²) in [5.74, 6) is 0.464. The molecule has 148 valence electrons.